The van der Waals surface area contributed by atoms with Gasteiger partial charge in [0.15, 0.2) is 0 Å². The summed E-state index contributed by atoms with van der Waals surface area (Å²) in [6.07, 6.45) is 6.56. The Morgan fingerprint density at radius 2 is 1.73 bits per heavy atom. The Morgan fingerprint density at radius 1 is 1.04 bits per heavy atom. The van der Waals surface area contributed by atoms with E-state index in [1.54, 1.807) is 18.3 Å². The molecule has 0 radical (unpaired) electrons. The minimum absolute atomic E-state index is 0.154. The summed E-state index contributed by atoms with van der Waals surface area (Å²) < 4.78 is 15.4. The highest BCUT2D eigenvalue weighted by Crippen LogP contribution is 2.39. The van der Waals surface area contributed by atoms with Gasteiger partial charge >= 0.3 is 0 Å². The minimum atomic E-state index is -0.193. The second kappa shape index (κ2) is 8.09. The maximum absolute atomic E-state index is 13.3. The number of benzene rings is 2. The zero-order chi connectivity index (χ0) is 18.6. The molecule has 2 nitrogen and oxygen atoms in total. The summed E-state index contributed by atoms with van der Waals surface area (Å²) in [5.41, 5.74) is 2.64. The molecular weight excluding hydrogens is 343 g/mol. The number of aromatic nitrogens is 2. The topological polar surface area (TPSA) is 17.8 Å². The highest BCUT2D eigenvalue weighted by molar-refractivity contribution is 7.99. The second-order valence-corrected chi connectivity index (χ2v) is 8.80. The molecule has 1 atom stereocenters. The van der Waals surface area contributed by atoms with E-state index in [9.17, 15) is 4.39 Å². The smallest absolute Gasteiger partial charge is 0.123 e. The maximum Gasteiger partial charge on any atom is 0.123 e. The number of hydrogen-bond acceptors (Lipinski definition) is 2. The Labute approximate surface area is 159 Å². The average Bonchev–Trinajstić information content (AvgIpc) is 3.12. The van der Waals surface area contributed by atoms with Crippen LogP contribution in [0.5, 0.6) is 0 Å². The van der Waals surface area contributed by atoms with Crippen molar-refractivity contribution in [2.45, 2.75) is 49.3 Å². The van der Waals surface area contributed by atoms with E-state index in [-0.39, 0.29) is 16.5 Å². The van der Waals surface area contributed by atoms with Gasteiger partial charge in [0, 0.05) is 29.1 Å². The molecule has 136 valence electrons. The van der Waals surface area contributed by atoms with E-state index in [1.165, 1.54) is 10.5 Å². The van der Waals surface area contributed by atoms with Crippen LogP contribution in [0, 0.1) is 5.82 Å². The summed E-state index contributed by atoms with van der Waals surface area (Å²) in [6.45, 7) is 7.56. The van der Waals surface area contributed by atoms with E-state index in [0.29, 0.717) is 0 Å². The Morgan fingerprint density at radius 3 is 2.31 bits per heavy atom. The second-order valence-electron chi connectivity index (χ2n) is 7.52. The fraction of sp³-hybridized carbons (Fsp3) is 0.318. The fourth-order valence-electron chi connectivity index (χ4n) is 2.85. The van der Waals surface area contributed by atoms with Gasteiger partial charge in [-0.05, 0) is 47.2 Å². The largest absolute Gasteiger partial charge is 0.337 e. The molecule has 3 rings (SSSR count). The lowest BCUT2D eigenvalue weighted by Crippen LogP contribution is -2.10. The fourth-order valence-corrected chi connectivity index (χ4v) is 3.99. The van der Waals surface area contributed by atoms with Crippen LogP contribution in [-0.2, 0) is 12.0 Å². The van der Waals surface area contributed by atoms with Crippen LogP contribution in [0.4, 0.5) is 4.39 Å². The van der Waals surface area contributed by atoms with Crippen molar-refractivity contribution in [2.24, 2.45) is 0 Å². The number of aryl methyl sites for hydroxylation is 1. The van der Waals surface area contributed by atoms with Crippen molar-refractivity contribution in [1.29, 1.82) is 0 Å². The number of rotatable bonds is 6. The summed E-state index contributed by atoms with van der Waals surface area (Å²) in [7, 11) is 0. The number of nitrogens with zero attached hydrogens (tertiary/aromatic N) is 2. The molecule has 0 aliphatic rings. The predicted octanol–water partition coefficient (Wildman–Crippen LogP) is 6.24. The highest BCUT2D eigenvalue weighted by Gasteiger charge is 2.16. The van der Waals surface area contributed by atoms with Crippen LogP contribution in [0.3, 0.4) is 0 Å². The molecule has 1 aromatic heterocycles. The Hall–Kier alpha value is -2.07. The molecule has 1 unspecified atom stereocenters. The molecule has 0 fully saturated rings. The van der Waals surface area contributed by atoms with Crippen molar-refractivity contribution in [3.05, 3.63) is 84.2 Å². The van der Waals surface area contributed by atoms with Crippen LogP contribution >= 0.6 is 11.8 Å². The molecule has 0 saturated carbocycles. The van der Waals surface area contributed by atoms with Gasteiger partial charge in [0.05, 0.1) is 6.33 Å². The first-order valence-electron chi connectivity index (χ1n) is 8.90. The normalized spacial score (nSPS) is 12.9. The van der Waals surface area contributed by atoms with E-state index in [1.807, 2.05) is 36.4 Å². The summed E-state index contributed by atoms with van der Waals surface area (Å²) in [6, 6.07) is 15.7. The molecule has 0 spiro atoms. The molecule has 3 aromatic rings. The zero-order valence-electron chi connectivity index (χ0n) is 15.5. The molecule has 1 heterocycles. The first-order valence-corrected chi connectivity index (χ1v) is 9.78. The third kappa shape index (κ3) is 4.98. The number of thioether (sulfide) groups is 1. The Bertz CT molecular complexity index is 803. The van der Waals surface area contributed by atoms with Crippen molar-refractivity contribution in [3.63, 3.8) is 0 Å². The quantitative estimate of drug-likeness (QED) is 0.479. The van der Waals surface area contributed by atoms with E-state index in [2.05, 4.69) is 54.6 Å². The summed E-state index contributed by atoms with van der Waals surface area (Å²) in [5.74, 6) is -0.193. The van der Waals surface area contributed by atoms with Crippen molar-refractivity contribution >= 4 is 11.8 Å². The van der Waals surface area contributed by atoms with E-state index in [4.69, 9.17) is 0 Å². The van der Waals surface area contributed by atoms with Gasteiger partial charge in [-0.2, -0.15) is 0 Å². The van der Waals surface area contributed by atoms with Gasteiger partial charge in [-0.1, -0.05) is 45.0 Å². The van der Waals surface area contributed by atoms with Crippen LogP contribution in [0.2, 0.25) is 0 Å². The number of hydrogen-bond donors (Lipinski definition) is 0. The third-order valence-electron chi connectivity index (χ3n) is 4.45. The van der Waals surface area contributed by atoms with Crippen molar-refractivity contribution in [1.82, 2.24) is 9.55 Å². The summed E-state index contributed by atoms with van der Waals surface area (Å²) >= 11 is 1.83. The summed E-state index contributed by atoms with van der Waals surface area (Å²) in [4.78, 5) is 5.34. The minimum Gasteiger partial charge on any atom is -0.337 e. The first kappa shape index (κ1) is 18.7. The van der Waals surface area contributed by atoms with Crippen LogP contribution < -0.4 is 0 Å². The Kier molecular flexibility index (Phi) is 5.82. The third-order valence-corrected chi connectivity index (χ3v) is 5.79. The van der Waals surface area contributed by atoms with Crippen LogP contribution in [-0.4, -0.2) is 9.55 Å². The highest BCUT2D eigenvalue weighted by atomic mass is 32.2. The van der Waals surface area contributed by atoms with Crippen molar-refractivity contribution in [3.8, 4) is 0 Å². The molecule has 0 bridgehead atoms. The molecule has 4 heteroatoms. The van der Waals surface area contributed by atoms with Gasteiger partial charge in [0.1, 0.15) is 5.82 Å². The van der Waals surface area contributed by atoms with Gasteiger partial charge in [-0.25, -0.2) is 9.37 Å². The van der Waals surface area contributed by atoms with E-state index < -0.39 is 0 Å². The summed E-state index contributed by atoms with van der Waals surface area (Å²) in [5, 5.41) is 0.262. The first-order chi connectivity index (χ1) is 12.4. The maximum atomic E-state index is 13.3. The molecule has 0 saturated heterocycles. The lowest BCUT2D eigenvalue weighted by Gasteiger charge is -2.21. The molecule has 0 aliphatic heterocycles. The molecule has 0 amide bonds. The molecule has 0 aliphatic carbocycles. The predicted molar refractivity (Wildman–Crippen MR) is 107 cm³/mol. The van der Waals surface area contributed by atoms with Crippen LogP contribution in [0.15, 0.2) is 72.1 Å². The van der Waals surface area contributed by atoms with Gasteiger partial charge in [-0.3, -0.25) is 0 Å². The molecule has 0 N–H and O–H groups in total. The molecular formula is C22H25FN2S. The monoisotopic (exact) mass is 368 g/mol. The van der Waals surface area contributed by atoms with Crippen molar-refractivity contribution in [2.75, 3.05) is 0 Å². The van der Waals surface area contributed by atoms with Gasteiger partial charge < -0.3 is 4.57 Å². The molecule has 2 aromatic carbocycles. The zero-order valence-corrected chi connectivity index (χ0v) is 16.3. The van der Waals surface area contributed by atoms with E-state index in [0.717, 1.165) is 18.5 Å². The SMILES string of the molecule is CC(C)(C)c1ccc(SC(CCn2ccnc2)c2ccc(F)cc2)cc1. The van der Waals surface area contributed by atoms with Gasteiger partial charge in [0.25, 0.3) is 0 Å². The van der Waals surface area contributed by atoms with Crippen LogP contribution in [0.25, 0.3) is 0 Å². The van der Waals surface area contributed by atoms with Crippen molar-refractivity contribution < 1.29 is 4.39 Å². The van der Waals surface area contributed by atoms with Crippen LogP contribution in [0.1, 0.15) is 43.6 Å². The number of halogens is 1. The Balaban J connectivity index is 1.77. The standard InChI is InChI=1S/C22H25FN2S/c1-22(2,3)18-6-10-20(11-7-18)26-21(12-14-25-15-13-24-16-25)17-4-8-19(23)9-5-17/h4-11,13,15-16,21H,12,14H2,1-3H3. The number of imidazole rings is 1. The lowest BCUT2D eigenvalue weighted by atomic mass is 9.87. The van der Waals surface area contributed by atoms with E-state index >= 15 is 0 Å². The van der Waals surface area contributed by atoms with Gasteiger partial charge in [0.2, 0.25) is 0 Å². The average molecular weight is 369 g/mol. The van der Waals surface area contributed by atoms with Gasteiger partial charge in [-0.15, -0.1) is 11.8 Å². The lowest BCUT2D eigenvalue weighted by molar-refractivity contribution is 0.589. The molecule has 26 heavy (non-hydrogen) atoms.